The van der Waals surface area contributed by atoms with Crippen molar-refractivity contribution < 1.29 is 4.74 Å². The van der Waals surface area contributed by atoms with Crippen LogP contribution >= 0.6 is 15.9 Å². The third-order valence-corrected chi connectivity index (χ3v) is 3.20. The van der Waals surface area contributed by atoms with Crippen LogP contribution < -0.4 is 10.5 Å². The minimum Gasteiger partial charge on any atom is -0.482 e. The Morgan fingerprint density at radius 1 is 1.42 bits per heavy atom. The molecule has 0 fully saturated rings. The first-order chi connectivity index (χ1) is 9.08. The number of para-hydroxylation sites is 1. The van der Waals surface area contributed by atoms with E-state index in [9.17, 15) is 0 Å². The third-order valence-electron chi connectivity index (χ3n) is 2.58. The van der Waals surface area contributed by atoms with Crippen LogP contribution in [0.4, 0.5) is 5.69 Å². The van der Waals surface area contributed by atoms with Gasteiger partial charge >= 0.3 is 0 Å². The SMILES string of the molecule is CC(C)Cn1ncnc1COc1c(N)cccc1Br. The number of hydrogen-bond acceptors (Lipinski definition) is 4. The summed E-state index contributed by atoms with van der Waals surface area (Å²) in [5.41, 5.74) is 6.48. The van der Waals surface area contributed by atoms with E-state index in [0.717, 1.165) is 16.8 Å². The standard InChI is InChI=1S/C13H17BrN4O/c1-9(2)6-18-12(16-8-17-18)7-19-13-10(14)4-3-5-11(13)15/h3-5,8-9H,6-7,15H2,1-2H3. The fourth-order valence-corrected chi connectivity index (χ4v) is 2.21. The quantitative estimate of drug-likeness (QED) is 0.859. The summed E-state index contributed by atoms with van der Waals surface area (Å²) >= 11 is 3.42. The molecule has 5 nitrogen and oxygen atoms in total. The topological polar surface area (TPSA) is 66.0 Å². The highest BCUT2D eigenvalue weighted by atomic mass is 79.9. The summed E-state index contributed by atoms with van der Waals surface area (Å²) in [6.07, 6.45) is 1.55. The van der Waals surface area contributed by atoms with Crippen LogP contribution in [-0.2, 0) is 13.2 Å². The van der Waals surface area contributed by atoms with E-state index in [4.69, 9.17) is 10.5 Å². The molecule has 2 aromatic rings. The van der Waals surface area contributed by atoms with Gasteiger partial charge in [0.15, 0.2) is 11.6 Å². The van der Waals surface area contributed by atoms with E-state index in [0.29, 0.717) is 24.0 Å². The normalized spacial score (nSPS) is 10.9. The number of anilines is 1. The van der Waals surface area contributed by atoms with Crippen molar-refractivity contribution in [3.05, 3.63) is 34.8 Å². The van der Waals surface area contributed by atoms with Gasteiger partial charge in [0.05, 0.1) is 10.2 Å². The van der Waals surface area contributed by atoms with Gasteiger partial charge in [-0.1, -0.05) is 19.9 Å². The third kappa shape index (κ3) is 3.47. The lowest BCUT2D eigenvalue weighted by Crippen LogP contribution is -2.12. The summed E-state index contributed by atoms with van der Waals surface area (Å²) in [6.45, 7) is 5.44. The predicted molar refractivity (Wildman–Crippen MR) is 77.7 cm³/mol. The van der Waals surface area contributed by atoms with E-state index >= 15 is 0 Å². The van der Waals surface area contributed by atoms with Gasteiger partial charge in [0.1, 0.15) is 12.9 Å². The average Bonchev–Trinajstić information content (AvgIpc) is 2.75. The highest BCUT2D eigenvalue weighted by Gasteiger charge is 2.10. The van der Waals surface area contributed by atoms with Crippen molar-refractivity contribution >= 4 is 21.6 Å². The highest BCUT2D eigenvalue weighted by molar-refractivity contribution is 9.10. The Balaban J connectivity index is 2.09. The van der Waals surface area contributed by atoms with Crippen molar-refractivity contribution in [3.8, 4) is 5.75 Å². The van der Waals surface area contributed by atoms with Crippen LogP contribution in [0.2, 0.25) is 0 Å². The zero-order valence-corrected chi connectivity index (χ0v) is 12.6. The zero-order chi connectivity index (χ0) is 13.8. The summed E-state index contributed by atoms with van der Waals surface area (Å²) in [4.78, 5) is 4.21. The van der Waals surface area contributed by atoms with Gasteiger partial charge in [-0.2, -0.15) is 5.10 Å². The summed E-state index contributed by atoms with van der Waals surface area (Å²) in [5.74, 6) is 1.94. The molecule has 0 aliphatic rings. The summed E-state index contributed by atoms with van der Waals surface area (Å²) in [5, 5.41) is 4.20. The first-order valence-electron chi connectivity index (χ1n) is 6.11. The van der Waals surface area contributed by atoms with Gasteiger partial charge in [0.25, 0.3) is 0 Å². The van der Waals surface area contributed by atoms with Gasteiger partial charge in [0.2, 0.25) is 0 Å². The molecule has 0 radical (unpaired) electrons. The van der Waals surface area contributed by atoms with Crippen molar-refractivity contribution in [2.75, 3.05) is 5.73 Å². The monoisotopic (exact) mass is 324 g/mol. The number of hydrogen-bond donors (Lipinski definition) is 1. The van der Waals surface area contributed by atoms with Crippen molar-refractivity contribution in [1.82, 2.24) is 14.8 Å². The van der Waals surface area contributed by atoms with Gasteiger partial charge in [0, 0.05) is 6.54 Å². The second-order valence-electron chi connectivity index (χ2n) is 4.70. The summed E-state index contributed by atoms with van der Waals surface area (Å²) < 4.78 is 8.43. The minimum atomic E-state index is 0.347. The van der Waals surface area contributed by atoms with Crippen molar-refractivity contribution in [2.45, 2.75) is 27.0 Å². The Morgan fingerprint density at radius 2 is 2.21 bits per heavy atom. The molecule has 1 aromatic carbocycles. The summed E-state index contributed by atoms with van der Waals surface area (Å²) in [7, 11) is 0. The lowest BCUT2D eigenvalue weighted by atomic mass is 10.2. The fourth-order valence-electron chi connectivity index (χ4n) is 1.71. The van der Waals surface area contributed by atoms with Gasteiger partial charge < -0.3 is 10.5 Å². The molecule has 19 heavy (non-hydrogen) atoms. The Hall–Kier alpha value is -1.56. The lowest BCUT2D eigenvalue weighted by Gasteiger charge is -2.12. The molecule has 0 aliphatic carbocycles. The van der Waals surface area contributed by atoms with Crippen LogP contribution in [0.5, 0.6) is 5.75 Å². The number of nitrogen functional groups attached to an aromatic ring is 1. The van der Waals surface area contributed by atoms with E-state index < -0.39 is 0 Å². The van der Waals surface area contributed by atoms with Crippen molar-refractivity contribution in [2.24, 2.45) is 5.92 Å². The largest absolute Gasteiger partial charge is 0.482 e. The molecule has 0 aliphatic heterocycles. The number of nitrogens with zero attached hydrogens (tertiary/aromatic N) is 3. The van der Waals surface area contributed by atoms with Gasteiger partial charge in [-0.3, -0.25) is 0 Å². The molecular formula is C13H17BrN4O. The number of ether oxygens (including phenoxy) is 1. The van der Waals surface area contributed by atoms with Crippen LogP contribution in [0.1, 0.15) is 19.7 Å². The second kappa shape index (κ2) is 6.06. The first-order valence-corrected chi connectivity index (χ1v) is 6.90. The molecule has 0 bridgehead atoms. The molecular weight excluding hydrogens is 308 g/mol. The molecule has 0 atom stereocenters. The van der Waals surface area contributed by atoms with Gasteiger partial charge in [-0.15, -0.1) is 0 Å². The number of aromatic nitrogens is 3. The molecule has 102 valence electrons. The smallest absolute Gasteiger partial charge is 0.164 e. The van der Waals surface area contributed by atoms with Crippen LogP contribution in [0.15, 0.2) is 29.0 Å². The van der Waals surface area contributed by atoms with Crippen LogP contribution in [-0.4, -0.2) is 14.8 Å². The van der Waals surface area contributed by atoms with E-state index in [-0.39, 0.29) is 0 Å². The molecule has 1 aromatic heterocycles. The number of nitrogens with two attached hydrogens (primary N) is 1. The molecule has 0 saturated carbocycles. The zero-order valence-electron chi connectivity index (χ0n) is 11.0. The van der Waals surface area contributed by atoms with Crippen molar-refractivity contribution in [1.29, 1.82) is 0 Å². The molecule has 2 rings (SSSR count). The molecule has 0 unspecified atom stereocenters. The van der Waals surface area contributed by atoms with E-state index in [1.807, 2.05) is 16.8 Å². The van der Waals surface area contributed by atoms with Crippen molar-refractivity contribution in [3.63, 3.8) is 0 Å². The van der Waals surface area contributed by atoms with Gasteiger partial charge in [-0.25, -0.2) is 9.67 Å². The molecule has 1 heterocycles. The first kappa shape index (κ1) is 13.9. The summed E-state index contributed by atoms with van der Waals surface area (Å²) in [6, 6.07) is 5.57. The van der Waals surface area contributed by atoms with Crippen LogP contribution in [0.3, 0.4) is 0 Å². The average molecular weight is 325 g/mol. The van der Waals surface area contributed by atoms with Crippen LogP contribution in [0.25, 0.3) is 0 Å². The molecule has 0 amide bonds. The number of rotatable bonds is 5. The van der Waals surface area contributed by atoms with E-state index in [1.54, 1.807) is 12.4 Å². The maximum absolute atomic E-state index is 5.88. The molecule has 0 saturated heterocycles. The molecule has 2 N–H and O–H groups in total. The Bertz CT molecular complexity index is 533. The fraction of sp³-hybridized carbons (Fsp3) is 0.385. The Labute approximate surface area is 120 Å². The van der Waals surface area contributed by atoms with Gasteiger partial charge in [-0.05, 0) is 34.0 Å². The molecule has 6 heteroatoms. The second-order valence-corrected chi connectivity index (χ2v) is 5.55. The lowest BCUT2D eigenvalue weighted by molar-refractivity contribution is 0.282. The van der Waals surface area contributed by atoms with E-state index in [2.05, 4.69) is 39.9 Å². The highest BCUT2D eigenvalue weighted by Crippen LogP contribution is 2.31. The minimum absolute atomic E-state index is 0.347. The number of halogens is 1. The molecule has 0 spiro atoms. The maximum atomic E-state index is 5.88. The Morgan fingerprint density at radius 3 is 2.89 bits per heavy atom. The predicted octanol–water partition coefficient (Wildman–Crippen LogP) is 2.86. The van der Waals surface area contributed by atoms with Crippen LogP contribution in [0, 0.1) is 5.92 Å². The Kier molecular flexibility index (Phi) is 4.42. The van der Waals surface area contributed by atoms with E-state index in [1.165, 1.54) is 0 Å². The maximum Gasteiger partial charge on any atom is 0.164 e. The number of benzene rings is 1.